The van der Waals surface area contributed by atoms with Crippen molar-refractivity contribution in [3.8, 4) is 0 Å². The van der Waals surface area contributed by atoms with E-state index in [0.29, 0.717) is 19.8 Å². The summed E-state index contributed by atoms with van der Waals surface area (Å²) in [6.45, 7) is 12.4. The predicted molar refractivity (Wildman–Crippen MR) is 77.7 cm³/mol. The standard InChI is InChI=1S/C3H10OSi.3C3H8O.Zr/c1-5(2,3)4;3*1-2-3-4;/h4H,1-3H3;3*4H,2-3H2,1H3;. The number of hydrogen-bond acceptors (Lipinski definition) is 4. The number of hydrogen-bond donors (Lipinski definition) is 4. The third kappa shape index (κ3) is 277. The van der Waals surface area contributed by atoms with Gasteiger partial charge in [-0.1, -0.05) is 20.8 Å². The molecule has 0 aromatic heterocycles. The largest absolute Gasteiger partial charge is 0.433 e. The minimum atomic E-state index is -1.61. The molecule has 0 bridgehead atoms. The maximum Gasteiger partial charge on any atom is 0.179 e. The summed E-state index contributed by atoms with van der Waals surface area (Å²) in [6, 6.07) is 0. The van der Waals surface area contributed by atoms with Crippen molar-refractivity contribution in [3.63, 3.8) is 0 Å². The van der Waals surface area contributed by atoms with Gasteiger partial charge in [0.1, 0.15) is 0 Å². The van der Waals surface area contributed by atoms with Gasteiger partial charge >= 0.3 is 0 Å². The molecule has 0 fully saturated rings. The fraction of sp³-hybridized carbons (Fsp3) is 1.00. The molecule has 0 aromatic carbocycles. The van der Waals surface area contributed by atoms with Gasteiger partial charge in [0.05, 0.1) is 0 Å². The normalized spacial score (nSPS) is 8.33. The Balaban J connectivity index is -0.0000000412. The van der Waals surface area contributed by atoms with Gasteiger partial charge in [-0.3, -0.25) is 0 Å². The van der Waals surface area contributed by atoms with Crippen LogP contribution in [0.2, 0.25) is 19.6 Å². The Hall–Kier alpha value is 0.940. The van der Waals surface area contributed by atoms with Crippen LogP contribution in [-0.4, -0.2) is 48.3 Å². The van der Waals surface area contributed by atoms with Crippen LogP contribution in [0.5, 0.6) is 0 Å². The van der Waals surface area contributed by atoms with Gasteiger partial charge in [-0.15, -0.1) is 0 Å². The van der Waals surface area contributed by atoms with Crippen LogP contribution in [-0.2, 0) is 26.2 Å². The summed E-state index contributed by atoms with van der Waals surface area (Å²) < 4.78 is 0. The smallest absolute Gasteiger partial charge is 0.179 e. The molecule has 6 heteroatoms. The molecule has 18 heavy (non-hydrogen) atoms. The summed E-state index contributed by atoms with van der Waals surface area (Å²) in [5.41, 5.74) is 0. The van der Waals surface area contributed by atoms with Gasteiger partial charge < -0.3 is 20.1 Å². The Kier molecular flexibility index (Phi) is 53.6. The van der Waals surface area contributed by atoms with E-state index < -0.39 is 8.32 Å². The average molecular weight is 362 g/mol. The molecule has 0 aliphatic carbocycles. The van der Waals surface area contributed by atoms with Crippen molar-refractivity contribution in [1.29, 1.82) is 0 Å². The molecular weight excluding hydrogens is 327 g/mol. The molecule has 0 saturated carbocycles. The Morgan fingerprint density at radius 2 is 0.722 bits per heavy atom. The summed E-state index contributed by atoms with van der Waals surface area (Å²) in [5, 5.41) is 23.6. The summed E-state index contributed by atoms with van der Waals surface area (Å²) in [7, 11) is -1.61. The summed E-state index contributed by atoms with van der Waals surface area (Å²) in [6.07, 6.45) is 2.62. The molecule has 4 nitrogen and oxygen atoms in total. The first-order valence-corrected chi connectivity index (χ1v) is 9.74. The van der Waals surface area contributed by atoms with Crippen molar-refractivity contribution in [2.24, 2.45) is 0 Å². The van der Waals surface area contributed by atoms with Crippen LogP contribution in [0.3, 0.4) is 0 Å². The van der Waals surface area contributed by atoms with Crippen LogP contribution < -0.4 is 0 Å². The van der Waals surface area contributed by atoms with Gasteiger partial charge in [-0.25, -0.2) is 0 Å². The first-order chi connectivity index (χ1) is 7.74. The predicted octanol–water partition coefficient (Wildman–Crippen LogP) is 1.98. The third-order valence-corrected chi connectivity index (χ3v) is 0.671. The van der Waals surface area contributed by atoms with Crippen LogP contribution in [0.4, 0.5) is 0 Å². The molecule has 0 aliphatic heterocycles. The molecule has 0 aliphatic rings. The van der Waals surface area contributed by atoms with Crippen molar-refractivity contribution in [2.45, 2.75) is 59.7 Å². The zero-order valence-electron chi connectivity index (χ0n) is 13.0. The minimum absolute atomic E-state index is 0. The molecule has 4 N–H and O–H groups in total. The van der Waals surface area contributed by atoms with Crippen molar-refractivity contribution in [2.75, 3.05) is 19.8 Å². The maximum atomic E-state index is 8.66. The van der Waals surface area contributed by atoms with Gasteiger partial charge in [-0.2, -0.15) is 0 Å². The molecule has 0 atom stereocenters. The summed E-state index contributed by atoms with van der Waals surface area (Å²) >= 11 is 0. The number of aliphatic hydroxyl groups excluding tert-OH is 3. The quantitative estimate of drug-likeness (QED) is 0.579. The van der Waals surface area contributed by atoms with E-state index in [4.69, 9.17) is 20.1 Å². The van der Waals surface area contributed by atoms with Gasteiger partial charge in [0.15, 0.2) is 8.32 Å². The second-order valence-electron chi connectivity index (χ2n) is 4.34. The van der Waals surface area contributed by atoms with Crippen LogP contribution in [0.15, 0.2) is 0 Å². The van der Waals surface area contributed by atoms with E-state index in [1.165, 1.54) is 0 Å². The van der Waals surface area contributed by atoms with Crippen molar-refractivity contribution < 1.29 is 46.3 Å². The van der Waals surface area contributed by atoms with Gasteiger partial charge in [0.2, 0.25) is 0 Å². The Morgan fingerprint density at radius 1 is 0.667 bits per heavy atom. The van der Waals surface area contributed by atoms with Crippen molar-refractivity contribution in [1.82, 2.24) is 0 Å². The summed E-state index contributed by atoms with van der Waals surface area (Å²) in [5.74, 6) is 0. The van der Waals surface area contributed by atoms with Gasteiger partial charge in [0, 0.05) is 46.0 Å². The number of aliphatic hydroxyl groups is 3. The second kappa shape index (κ2) is 30.7. The molecule has 114 valence electrons. The van der Waals surface area contributed by atoms with E-state index in [2.05, 4.69) is 0 Å². The number of rotatable bonds is 3. The monoisotopic (exact) mass is 360 g/mol. The second-order valence-corrected chi connectivity index (χ2v) is 8.68. The zero-order chi connectivity index (χ0) is 14.7. The molecule has 0 saturated heterocycles. The molecule has 0 unspecified atom stereocenters. The molecule has 0 spiro atoms. The Bertz CT molecular complexity index is 79.1. The molecule has 0 amide bonds. The maximum absolute atomic E-state index is 8.66. The first-order valence-electron chi connectivity index (χ1n) is 6.29. The Morgan fingerprint density at radius 3 is 0.722 bits per heavy atom. The van der Waals surface area contributed by atoms with Crippen LogP contribution >= 0.6 is 0 Å². The van der Waals surface area contributed by atoms with Crippen molar-refractivity contribution >= 4 is 8.32 Å². The zero-order valence-corrected chi connectivity index (χ0v) is 16.5. The van der Waals surface area contributed by atoms with E-state index in [0.717, 1.165) is 19.3 Å². The van der Waals surface area contributed by atoms with Crippen LogP contribution in [0.1, 0.15) is 40.0 Å². The topological polar surface area (TPSA) is 80.9 Å². The van der Waals surface area contributed by atoms with Gasteiger partial charge in [-0.05, 0) is 38.9 Å². The molecule has 0 rings (SSSR count). The molecule has 0 heterocycles. The van der Waals surface area contributed by atoms with Crippen molar-refractivity contribution in [3.05, 3.63) is 0 Å². The first kappa shape index (κ1) is 31.4. The molecule has 0 aromatic rings. The minimum Gasteiger partial charge on any atom is -0.433 e. The fourth-order valence-corrected chi connectivity index (χ4v) is 0. The van der Waals surface area contributed by atoms with Gasteiger partial charge in [0.25, 0.3) is 0 Å². The van der Waals surface area contributed by atoms with Crippen LogP contribution in [0.25, 0.3) is 0 Å². The SMILES string of the molecule is CCCO.CCCO.CCCO.C[Si](C)(C)O.[Zr]. The molecule has 0 radical (unpaired) electrons. The molecular formula is C12H34O4SiZr. The Labute approximate surface area is 134 Å². The van der Waals surface area contributed by atoms with E-state index >= 15 is 0 Å². The van der Waals surface area contributed by atoms with E-state index in [1.54, 1.807) is 0 Å². The van der Waals surface area contributed by atoms with Crippen LogP contribution in [0, 0.1) is 0 Å². The average Bonchev–Trinajstić information content (AvgIpc) is 2.27. The van der Waals surface area contributed by atoms with E-state index in [-0.39, 0.29) is 26.2 Å². The van der Waals surface area contributed by atoms with E-state index in [1.807, 2.05) is 40.4 Å². The summed E-state index contributed by atoms with van der Waals surface area (Å²) in [4.78, 5) is 8.66. The third-order valence-electron chi connectivity index (χ3n) is 0.671. The van der Waals surface area contributed by atoms with E-state index in [9.17, 15) is 0 Å². The fourth-order valence-electron chi connectivity index (χ4n) is 0.